The molecule has 2 aromatic rings. The SMILES string of the molecule is CCN1c2cc(C(=O)Nc3ccccc3Cl)ccc2C(=O)N2CCCCCC21. The maximum absolute atomic E-state index is 13.1. The van der Waals surface area contributed by atoms with E-state index < -0.39 is 0 Å². The molecule has 0 bridgehead atoms. The van der Waals surface area contributed by atoms with Crippen LogP contribution in [0.5, 0.6) is 0 Å². The summed E-state index contributed by atoms with van der Waals surface area (Å²) in [5.74, 6) is -0.160. The zero-order chi connectivity index (χ0) is 19.7. The molecule has 1 saturated heterocycles. The maximum Gasteiger partial charge on any atom is 0.257 e. The van der Waals surface area contributed by atoms with Gasteiger partial charge in [0.15, 0.2) is 0 Å². The second-order valence-corrected chi connectivity index (χ2v) is 7.69. The van der Waals surface area contributed by atoms with E-state index in [1.54, 1.807) is 24.3 Å². The van der Waals surface area contributed by atoms with Gasteiger partial charge in [0.1, 0.15) is 6.17 Å². The van der Waals surface area contributed by atoms with Crippen LogP contribution in [0.4, 0.5) is 11.4 Å². The average Bonchev–Trinajstić information content (AvgIpc) is 2.96. The van der Waals surface area contributed by atoms with Gasteiger partial charge in [0.2, 0.25) is 0 Å². The van der Waals surface area contributed by atoms with Crippen molar-refractivity contribution in [2.75, 3.05) is 23.3 Å². The summed E-state index contributed by atoms with van der Waals surface area (Å²) in [6.45, 7) is 3.68. The zero-order valence-electron chi connectivity index (χ0n) is 16.0. The molecule has 0 spiro atoms. The van der Waals surface area contributed by atoms with E-state index in [1.165, 1.54) is 0 Å². The molecular formula is C22H24ClN3O2. The van der Waals surface area contributed by atoms with E-state index in [4.69, 9.17) is 11.6 Å². The summed E-state index contributed by atoms with van der Waals surface area (Å²) >= 11 is 6.15. The first-order valence-electron chi connectivity index (χ1n) is 9.87. The van der Waals surface area contributed by atoms with Gasteiger partial charge in [-0.05, 0) is 56.5 Å². The minimum absolute atomic E-state index is 0.0738. The number of hydrogen-bond acceptors (Lipinski definition) is 3. The van der Waals surface area contributed by atoms with Gasteiger partial charge in [-0.1, -0.05) is 30.2 Å². The molecule has 0 aliphatic carbocycles. The van der Waals surface area contributed by atoms with Crippen LogP contribution in [0.3, 0.4) is 0 Å². The number of fused-ring (bicyclic) bond motifs is 2. The number of carbonyl (C=O) groups excluding carboxylic acids is 2. The lowest BCUT2D eigenvalue weighted by Gasteiger charge is -2.44. The second-order valence-electron chi connectivity index (χ2n) is 7.28. The van der Waals surface area contributed by atoms with E-state index in [1.807, 2.05) is 23.1 Å². The molecule has 1 fully saturated rings. The number of carbonyl (C=O) groups is 2. The molecular weight excluding hydrogens is 374 g/mol. The van der Waals surface area contributed by atoms with Crippen molar-refractivity contribution in [3.05, 3.63) is 58.6 Å². The third-order valence-corrected chi connectivity index (χ3v) is 5.93. The Labute approximate surface area is 170 Å². The molecule has 1 unspecified atom stereocenters. The van der Waals surface area contributed by atoms with Crippen molar-refractivity contribution in [1.82, 2.24) is 4.90 Å². The lowest BCUT2D eigenvalue weighted by atomic mass is 10.0. The van der Waals surface area contributed by atoms with Gasteiger partial charge in [-0.25, -0.2) is 0 Å². The van der Waals surface area contributed by atoms with Gasteiger partial charge < -0.3 is 15.1 Å². The van der Waals surface area contributed by atoms with E-state index in [-0.39, 0.29) is 18.0 Å². The Morgan fingerprint density at radius 2 is 2.00 bits per heavy atom. The molecule has 6 heteroatoms. The van der Waals surface area contributed by atoms with Gasteiger partial charge in [0, 0.05) is 18.7 Å². The van der Waals surface area contributed by atoms with Crippen LogP contribution in [-0.2, 0) is 0 Å². The van der Waals surface area contributed by atoms with Crippen molar-refractivity contribution in [2.45, 2.75) is 38.8 Å². The maximum atomic E-state index is 13.1. The highest BCUT2D eigenvalue weighted by Crippen LogP contribution is 2.35. The Kier molecular flexibility index (Phi) is 5.27. The molecule has 2 aliphatic heterocycles. The van der Waals surface area contributed by atoms with Gasteiger partial charge in [0.05, 0.1) is 22.0 Å². The second kappa shape index (κ2) is 7.84. The number of benzene rings is 2. The van der Waals surface area contributed by atoms with Gasteiger partial charge in [-0.15, -0.1) is 0 Å². The third-order valence-electron chi connectivity index (χ3n) is 5.60. The number of nitrogens with one attached hydrogen (secondary N) is 1. The van der Waals surface area contributed by atoms with Crippen LogP contribution in [0.15, 0.2) is 42.5 Å². The number of amides is 2. The zero-order valence-corrected chi connectivity index (χ0v) is 16.7. The largest absolute Gasteiger partial charge is 0.351 e. The Bertz CT molecular complexity index is 914. The number of para-hydroxylation sites is 1. The van der Waals surface area contributed by atoms with Crippen LogP contribution in [-0.4, -0.2) is 36.0 Å². The van der Waals surface area contributed by atoms with E-state index in [9.17, 15) is 9.59 Å². The lowest BCUT2D eigenvalue weighted by Crippen LogP contribution is -2.55. The topological polar surface area (TPSA) is 52.7 Å². The predicted octanol–water partition coefficient (Wildman–Crippen LogP) is 4.77. The van der Waals surface area contributed by atoms with Gasteiger partial charge >= 0.3 is 0 Å². The number of anilines is 2. The quantitative estimate of drug-likeness (QED) is 0.811. The van der Waals surface area contributed by atoms with Crippen molar-refractivity contribution in [3.8, 4) is 0 Å². The number of rotatable bonds is 3. The highest BCUT2D eigenvalue weighted by atomic mass is 35.5. The third kappa shape index (κ3) is 3.35. The fourth-order valence-corrected chi connectivity index (χ4v) is 4.38. The molecule has 2 aromatic carbocycles. The summed E-state index contributed by atoms with van der Waals surface area (Å²) in [4.78, 5) is 30.1. The van der Waals surface area contributed by atoms with Crippen LogP contribution in [0.2, 0.25) is 5.02 Å². The van der Waals surface area contributed by atoms with E-state index >= 15 is 0 Å². The van der Waals surface area contributed by atoms with Crippen molar-refractivity contribution >= 4 is 34.8 Å². The molecule has 4 rings (SSSR count). The minimum Gasteiger partial charge on any atom is -0.351 e. The van der Waals surface area contributed by atoms with Crippen molar-refractivity contribution in [3.63, 3.8) is 0 Å². The summed E-state index contributed by atoms with van der Waals surface area (Å²) in [6.07, 6.45) is 4.36. The van der Waals surface area contributed by atoms with Crippen molar-refractivity contribution < 1.29 is 9.59 Å². The Morgan fingerprint density at radius 3 is 2.79 bits per heavy atom. The normalized spacial score (nSPS) is 18.9. The molecule has 2 amide bonds. The number of hydrogen-bond donors (Lipinski definition) is 1. The van der Waals surface area contributed by atoms with E-state index in [0.29, 0.717) is 21.8 Å². The summed E-state index contributed by atoms with van der Waals surface area (Å²) in [6, 6.07) is 12.5. The Hall–Kier alpha value is -2.53. The van der Waals surface area contributed by atoms with E-state index in [2.05, 4.69) is 17.1 Å². The first kappa shape index (κ1) is 18.8. The summed E-state index contributed by atoms with van der Waals surface area (Å²) < 4.78 is 0. The van der Waals surface area contributed by atoms with Crippen molar-refractivity contribution in [1.29, 1.82) is 0 Å². The summed E-state index contributed by atoms with van der Waals surface area (Å²) in [7, 11) is 0. The van der Waals surface area contributed by atoms with Gasteiger partial charge in [-0.3, -0.25) is 9.59 Å². The average molecular weight is 398 g/mol. The molecule has 2 heterocycles. The molecule has 0 saturated carbocycles. The molecule has 1 N–H and O–H groups in total. The smallest absolute Gasteiger partial charge is 0.257 e. The number of nitrogens with zero attached hydrogens (tertiary/aromatic N) is 2. The van der Waals surface area contributed by atoms with Crippen LogP contribution >= 0.6 is 11.6 Å². The fraction of sp³-hybridized carbons (Fsp3) is 0.364. The molecule has 0 aromatic heterocycles. The molecule has 5 nitrogen and oxygen atoms in total. The van der Waals surface area contributed by atoms with Crippen LogP contribution in [0, 0.1) is 0 Å². The monoisotopic (exact) mass is 397 g/mol. The molecule has 28 heavy (non-hydrogen) atoms. The van der Waals surface area contributed by atoms with Crippen LogP contribution in [0.1, 0.15) is 53.3 Å². The number of halogens is 1. The highest BCUT2D eigenvalue weighted by molar-refractivity contribution is 6.33. The molecule has 1 atom stereocenters. The summed E-state index contributed by atoms with van der Waals surface area (Å²) in [5, 5.41) is 3.35. The molecule has 2 aliphatic rings. The Morgan fingerprint density at radius 1 is 1.18 bits per heavy atom. The minimum atomic E-state index is -0.234. The molecule has 146 valence electrons. The Balaban J connectivity index is 1.67. The van der Waals surface area contributed by atoms with Crippen molar-refractivity contribution in [2.24, 2.45) is 0 Å². The van der Waals surface area contributed by atoms with Gasteiger partial charge in [-0.2, -0.15) is 0 Å². The fourth-order valence-electron chi connectivity index (χ4n) is 4.20. The van der Waals surface area contributed by atoms with Crippen LogP contribution < -0.4 is 10.2 Å². The predicted molar refractivity (Wildman–Crippen MR) is 112 cm³/mol. The lowest BCUT2D eigenvalue weighted by molar-refractivity contribution is 0.0656. The standard InChI is InChI=1S/C22H24ClN3O2/c1-2-25-19-14-15(21(27)24-18-9-6-5-8-17(18)23)11-12-16(19)22(28)26-13-7-3-4-10-20(25)26/h5-6,8-9,11-12,14,20H,2-4,7,10,13H2,1H3,(H,24,27). The van der Waals surface area contributed by atoms with Gasteiger partial charge in [0.25, 0.3) is 11.8 Å². The summed E-state index contributed by atoms with van der Waals surface area (Å²) in [5.41, 5.74) is 2.62. The van der Waals surface area contributed by atoms with E-state index in [0.717, 1.165) is 44.5 Å². The first-order valence-corrected chi connectivity index (χ1v) is 10.3. The van der Waals surface area contributed by atoms with Crippen LogP contribution in [0.25, 0.3) is 0 Å². The highest BCUT2D eigenvalue weighted by Gasteiger charge is 2.37. The first-order chi connectivity index (χ1) is 13.6. The molecule has 0 radical (unpaired) electrons.